The molecule has 22 heavy (non-hydrogen) atoms. The highest BCUT2D eigenvalue weighted by molar-refractivity contribution is 5.88. The lowest BCUT2D eigenvalue weighted by Gasteiger charge is -2.31. The van der Waals surface area contributed by atoms with Crippen LogP contribution >= 0.6 is 0 Å². The minimum absolute atomic E-state index is 0.00540. The van der Waals surface area contributed by atoms with Gasteiger partial charge in [0.05, 0.1) is 7.11 Å². The van der Waals surface area contributed by atoms with E-state index in [1.165, 1.54) is 7.11 Å². The van der Waals surface area contributed by atoms with Crippen LogP contribution in [0.2, 0.25) is 0 Å². The molecule has 1 amide bonds. The van der Waals surface area contributed by atoms with Gasteiger partial charge in [0.1, 0.15) is 5.54 Å². The summed E-state index contributed by atoms with van der Waals surface area (Å²) >= 11 is 0. The molecule has 2 fully saturated rings. The summed E-state index contributed by atoms with van der Waals surface area (Å²) in [5, 5.41) is 6.38. The van der Waals surface area contributed by atoms with Crippen LogP contribution in [0.5, 0.6) is 0 Å². The number of carbonyl (C=O) groups excluding carboxylic acids is 2. The summed E-state index contributed by atoms with van der Waals surface area (Å²) in [6.07, 6.45) is 9.36. The fourth-order valence-corrected chi connectivity index (χ4v) is 3.74. The molecule has 1 saturated heterocycles. The highest BCUT2D eigenvalue weighted by Gasteiger charge is 2.40. The van der Waals surface area contributed by atoms with Crippen molar-refractivity contribution in [1.82, 2.24) is 10.6 Å². The fourth-order valence-electron chi connectivity index (χ4n) is 3.74. The van der Waals surface area contributed by atoms with Gasteiger partial charge in [0.15, 0.2) is 0 Å². The number of nitrogens with one attached hydrogen (secondary N) is 2. The molecule has 0 spiro atoms. The van der Waals surface area contributed by atoms with Crippen molar-refractivity contribution in [2.45, 2.75) is 69.7 Å². The average molecular weight is 310 g/mol. The maximum atomic E-state index is 12.4. The first-order valence-corrected chi connectivity index (χ1v) is 8.76. The number of hydrogen-bond acceptors (Lipinski definition) is 4. The zero-order valence-corrected chi connectivity index (χ0v) is 13.8. The third-order valence-electron chi connectivity index (χ3n) is 5.15. The van der Waals surface area contributed by atoms with Crippen molar-refractivity contribution in [2.24, 2.45) is 5.92 Å². The Labute approximate surface area is 133 Å². The highest BCUT2D eigenvalue weighted by Crippen LogP contribution is 2.29. The van der Waals surface area contributed by atoms with Gasteiger partial charge in [0.25, 0.3) is 0 Å². The van der Waals surface area contributed by atoms with Crippen molar-refractivity contribution in [3.8, 4) is 0 Å². The van der Waals surface area contributed by atoms with Crippen molar-refractivity contribution >= 4 is 11.9 Å². The molecule has 1 heterocycles. The van der Waals surface area contributed by atoms with E-state index < -0.39 is 5.54 Å². The summed E-state index contributed by atoms with van der Waals surface area (Å²) in [5.74, 6) is 0.366. The van der Waals surface area contributed by atoms with Crippen molar-refractivity contribution in [3.05, 3.63) is 0 Å². The standard InChI is InChI=1S/C17H30N2O3/c1-22-16(21)17(10-4-2-3-5-11-17)19-15(20)7-6-14-8-12-18-13-9-14/h14,18H,2-13H2,1H3,(H,19,20). The van der Waals surface area contributed by atoms with Gasteiger partial charge in [0.2, 0.25) is 5.91 Å². The average Bonchev–Trinajstić information content (AvgIpc) is 2.79. The third-order valence-corrected chi connectivity index (χ3v) is 5.15. The quantitative estimate of drug-likeness (QED) is 0.603. The summed E-state index contributed by atoms with van der Waals surface area (Å²) < 4.78 is 4.98. The van der Waals surface area contributed by atoms with Gasteiger partial charge in [-0.25, -0.2) is 4.79 Å². The number of hydrogen-bond donors (Lipinski definition) is 2. The van der Waals surface area contributed by atoms with Crippen LogP contribution in [0.15, 0.2) is 0 Å². The van der Waals surface area contributed by atoms with E-state index in [1.54, 1.807) is 0 Å². The van der Waals surface area contributed by atoms with Gasteiger partial charge in [-0.3, -0.25) is 4.79 Å². The van der Waals surface area contributed by atoms with E-state index in [9.17, 15) is 9.59 Å². The number of methoxy groups -OCH3 is 1. The third kappa shape index (κ3) is 4.70. The summed E-state index contributed by atoms with van der Waals surface area (Å²) in [6, 6.07) is 0. The van der Waals surface area contributed by atoms with E-state index in [-0.39, 0.29) is 11.9 Å². The van der Waals surface area contributed by atoms with Crippen LogP contribution in [0, 0.1) is 5.92 Å². The van der Waals surface area contributed by atoms with Crippen LogP contribution in [0.4, 0.5) is 0 Å². The van der Waals surface area contributed by atoms with Crippen LogP contribution in [0.3, 0.4) is 0 Å². The molecule has 126 valence electrons. The zero-order valence-electron chi connectivity index (χ0n) is 13.8. The van der Waals surface area contributed by atoms with E-state index in [4.69, 9.17) is 4.74 Å². The molecule has 1 aliphatic carbocycles. The molecule has 0 aromatic carbocycles. The van der Waals surface area contributed by atoms with Crippen molar-refractivity contribution in [1.29, 1.82) is 0 Å². The van der Waals surface area contributed by atoms with Crippen LogP contribution in [0.1, 0.15) is 64.2 Å². The first kappa shape index (κ1) is 17.3. The first-order chi connectivity index (χ1) is 10.7. The van der Waals surface area contributed by atoms with Gasteiger partial charge in [-0.15, -0.1) is 0 Å². The Kier molecular flexibility index (Phi) is 6.68. The second-order valence-electron chi connectivity index (χ2n) is 6.77. The molecule has 1 saturated carbocycles. The Bertz CT molecular complexity index is 370. The number of amides is 1. The summed E-state index contributed by atoms with van der Waals surface area (Å²) in [5.41, 5.74) is -0.781. The summed E-state index contributed by atoms with van der Waals surface area (Å²) in [7, 11) is 1.41. The summed E-state index contributed by atoms with van der Waals surface area (Å²) in [4.78, 5) is 24.6. The van der Waals surface area contributed by atoms with E-state index in [1.807, 2.05) is 0 Å². The van der Waals surface area contributed by atoms with Crippen LogP contribution < -0.4 is 10.6 Å². The molecule has 0 radical (unpaired) electrons. The number of carbonyl (C=O) groups is 2. The SMILES string of the molecule is COC(=O)C1(NC(=O)CCC2CCNCC2)CCCCCC1. The lowest BCUT2D eigenvalue weighted by atomic mass is 9.89. The monoisotopic (exact) mass is 310 g/mol. The maximum absolute atomic E-state index is 12.4. The van der Waals surface area contributed by atoms with Gasteiger partial charge in [0, 0.05) is 6.42 Å². The van der Waals surface area contributed by atoms with Crippen molar-refractivity contribution < 1.29 is 14.3 Å². The van der Waals surface area contributed by atoms with E-state index in [2.05, 4.69) is 10.6 Å². The highest BCUT2D eigenvalue weighted by atomic mass is 16.5. The molecule has 5 nitrogen and oxygen atoms in total. The zero-order chi connectivity index (χ0) is 15.8. The van der Waals surface area contributed by atoms with E-state index in [0.717, 1.165) is 58.0 Å². The molecule has 2 rings (SSSR count). The molecular formula is C17H30N2O3. The lowest BCUT2D eigenvalue weighted by molar-refractivity contribution is -0.151. The molecule has 0 bridgehead atoms. The second-order valence-corrected chi connectivity index (χ2v) is 6.77. The van der Waals surface area contributed by atoms with Crippen LogP contribution in [-0.2, 0) is 14.3 Å². The molecular weight excluding hydrogens is 280 g/mol. The summed E-state index contributed by atoms with van der Waals surface area (Å²) in [6.45, 7) is 2.11. The van der Waals surface area contributed by atoms with Gasteiger partial charge >= 0.3 is 5.97 Å². The topological polar surface area (TPSA) is 67.4 Å². The van der Waals surface area contributed by atoms with Gasteiger partial charge in [-0.1, -0.05) is 25.7 Å². The normalized spacial score (nSPS) is 22.6. The molecule has 0 aromatic rings. The van der Waals surface area contributed by atoms with Gasteiger partial charge < -0.3 is 15.4 Å². The number of ether oxygens (including phenoxy) is 1. The van der Waals surface area contributed by atoms with Crippen molar-refractivity contribution in [2.75, 3.05) is 20.2 Å². The largest absolute Gasteiger partial charge is 0.467 e. The smallest absolute Gasteiger partial charge is 0.331 e. The molecule has 0 atom stereocenters. The fraction of sp³-hybridized carbons (Fsp3) is 0.882. The molecule has 0 aromatic heterocycles. The van der Waals surface area contributed by atoms with Gasteiger partial charge in [-0.2, -0.15) is 0 Å². The lowest BCUT2D eigenvalue weighted by Crippen LogP contribution is -2.54. The Balaban J connectivity index is 1.88. The van der Waals surface area contributed by atoms with Crippen LogP contribution in [-0.4, -0.2) is 37.6 Å². The molecule has 5 heteroatoms. The Hall–Kier alpha value is -1.10. The van der Waals surface area contributed by atoms with Crippen LogP contribution in [0.25, 0.3) is 0 Å². The molecule has 0 unspecified atom stereocenters. The Morgan fingerprint density at radius 2 is 1.77 bits per heavy atom. The second kappa shape index (κ2) is 8.51. The predicted molar refractivity (Wildman–Crippen MR) is 85.4 cm³/mol. The van der Waals surface area contributed by atoms with Gasteiger partial charge in [-0.05, 0) is 51.1 Å². The minimum Gasteiger partial charge on any atom is -0.467 e. The van der Waals surface area contributed by atoms with Crippen molar-refractivity contribution in [3.63, 3.8) is 0 Å². The first-order valence-electron chi connectivity index (χ1n) is 8.76. The Morgan fingerprint density at radius 3 is 2.36 bits per heavy atom. The number of esters is 1. The number of rotatable bonds is 5. The number of piperidine rings is 1. The molecule has 1 aliphatic heterocycles. The Morgan fingerprint density at radius 1 is 1.14 bits per heavy atom. The van der Waals surface area contributed by atoms with E-state index in [0.29, 0.717) is 25.2 Å². The minimum atomic E-state index is -0.781. The maximum Gasteiger partial charge on any atom is 0.331 e. The predicted octanol–water partition coefficient (Wildman–Crippen LogP) is 2.15. The molecule has 2 N–H and O–H groups in total. The van der Waals surface area contributed by atoms with E-state index >= 15 is 0 Å². The molecule has 2 aliphatic rings.